The topological polar surface area (TPSA) is 49.2 Å². The number of piperidine rings is 1. The van der Waals surface area contributed by atoms with E-state index in [2.05, 4.69) is 10.2 Å². The van der Waals surface area contributed by atoms with Crippen molar-refractivity contribution in [1.29, 1.82) is 0 Å². The number of nitrogens with zero attached hydrogens (tertiary/aromatic N) is 3. The summed E-state index contributed by atoms with van der Waals surface area (Å²) in [6.45, 7) is 14.3. The van der Waals surface area contributed by atoms with Gasteiger partial charge in [-0.3, -0.25) is 9.69 Å². The van der Waals surface area contributed by atoms with Gasteiger partial charge in [-0.2, -0.15) is 0 Å². The highest BCUT2D eigenvalue weighted by Crippen LogP contribution is 2.38. The molecule has 2 heterocycles. The average Bonchev–Trinajstić information content (AvgIpc) is 2.94. The van der Waals surface area contributed by atoms with Crippen LogP contribution in [0.3, 0.4) is 0 Å². The lowest BCUT2D eigenvalue weighted by molar-refractivity contribution is -0.120. The Morgan fingerprint density at radius 1 is 1.19 bits per heavy atom. The summed E-state index contributed by atoms with van der Waals surface area (Å²) >= 11 is 5.67. The third kappa shape index (κ3) is 3.83. The van der Waals surface area contributed by atoms with Crippen LogP contribution in [0.25, 0.3) is 4.85 Å². The maximum Gasteiger partial charge on any atom is 0.259 e. The predicted molar refractivity (Wildman–Crippen MR) is 127 cm³/mol. The van der Waals surface area contributed by atoms with Crippen LogP contribution in [0.2, 0.25) is 0 Å². The second-order valence-corrected chi connectivity index (χ2v) is 8.95. The summed E-state index contributed by atoms with van der Waals surface area (Å²) in [5.41, 5.74) is 1.35. The Morgan fingerprint density at radius 3 is 2.50 bits per heavy atom. The van der Waals surface area contributed by atoms with E-state index in [1.54, 1.807) is 49.1 Å². The van der Waals surface area contributed by atoms with Crippen molar-refractivity contribution < 1.29 is 13.9 Å². The summed E-state index contributed by atoms with van der Waals surface area (Å²) in [6, 6.07) is 9.86. The predicted octanol–water partition coefficient (Wildman–Crippen LogP) is 4.73. The maximum atomic E-state index is 15.0. The fourth-order valence-corrected chi connectivity index (χ4v) is 4.70. The summed E-state index contributed by atoms with van der Waals surface area (Å²) in [7, 11) is 0. The molecule has 32 heavy (non-hydrogen) atoms. The third-order valence-corrected chi connectivity index (χ3v) is 6.35. The molecular weight excluding hydrogens is 427 g/mol. The first-order valence-electron chi connectivity index (χ1n) is 10.6. The van der Waals surface area contributed by atoms with Crippen LogP contribution in [0.15, 0.2) is 36.4 Å². The van der Waals surface area contributed by atoms with Crippen LogP contribution >= 0.6 is 12.2 Å². The van der Waals surface area contributed by atoms with Gasteiger partial charge < -0.3 is 15.0 Å². The fraction of sp³-hybridized carbons (Fsp3) is 0.375. The van der Waals surface area contributed by atoms with E-state index in [4.69, 9.17) is 23.5 Å². The van der Waals surface area contributed by atoms with Crippen LogP contribution in [-0.2, 0) is 4.79 Å². The molecule has 2 aliphatic heterocycles. The Kier molecular flexibility index (Phi) is 5.89. The van der Waals surface area contributed by atoms with E-state index in [9.17, 15) is 9.18 Å². The molecule has 1 amide bonds. The van der Waals surface area contributed by atoms with Crippen molar-refractivity contribution in [3.63, 3.8) is 0 Å². The van der Waals surface area contributed by atoms with E-state index in [0.717, 1.165) is 31.5 Å². The van der Waals surface area contributed by atoms with E-state index in [-0.39, 0.29) is 22.9 Å². The Balaban J connectivity index is 1.64. The van der Waals surface area contributed by atoms with Gasteiger partial charge in [-0.05, 0) is 88.7 Å². The van der Waals surface area contributed by atoms with Gasteiger partial charge in [0, 0.05) is 17.4 Å². The number of rotatable bonds is 4. The van der Waals surface area contributed by atoms with Crippen LogP contribution in [0.5, 0.6) is 5.75 Å². The zero-order chi connectivity index (χ0) is 23.0. The maximum absolute atomic E-state index is 15.0. The summed E-state index contributed by atoms with van der Waals surface area (Å²) in [6.07, 6.45) is 1.65. The van der Waals surface area contributed by atoms with E-state index in [0.29, 0.717) is 17.1 Å². The van der Waals surface area contributed by atoms with E-state index in [1.807, 2.05) is 6.92 Å². The summed E-state index contributed by atoms with van der Waals surface area (Å²) in [5, 5.41) is 3.53. The Bertz CT molecular complexity index is 1120. The van der Waals surface area contributed by atoms with Gasteiger partial charge in [0.05, 0.1) is 6.57 Å². The largest absolute Gasteiger partial charge is 0.487 e. The lowest BCUT2D eigenvalue weighted by atomic mass is 10.0. The quantitative estimate of drug-likeness (QED) is 0.537. The van der Waals surface area contributed by atoms with Crippen LogP contribution in [0.1, 0.15) is 32.3 Å². The van der Waals surface area contributed by atoms with Gasteiger partial charge in [0.1, 0.15) is 11.6 Å². The number of ether oxygens (including phenoxy) is 1. The molecule has 0 aromatic heterocycles. The van der Waals surface area contributed by atoms with Gasteiger partial charge in [0.15, 0.2) is 22.4 Å². The summed E-state index contributed by atoms with van der Waals surface area (Å²) in [5.74, 6) is -0.493. The molecule has 0 bridgehead atoms. The number of hydrogen-bond acceptors (Lipinski definition) is 4. The first kappa shape index (κ1) is 22.2. The Labute approximate surface area is 192 Å². The zero-order valence-corrected chi connectivity index (χ0v) is 19.1. The molecule has 0 atom stereocenters. The first-order valence-corrected chi connectivity index (χ1v) is 11.0. The second-order valence-electron chi connectivity index (χ2n) is 8.58. The zero-order valence-electron chi connectivity index (χ0n) is 18.3. The van der Waals surface area contributed by atoms with Crippen LogP contribution in [-0.4, -0.2) is 35.8 Å². The lowest BCUT2D eigenvalue weighted by Crippen LogP contribution is -2.44. The Hall–Kier alpha value is -3.02. The van der Waals surface area contributed by atoms with E-state index in [1.165, 1.54) is 11.0 Å². The smallest absolute Gasteiger partial charge is 0.259 e. The molecule has 0 unspecified atom stereocenters. The van der Waals surface area contributed by atoms with Gasteiger partial charge in [-0.15, -0.1) is 0 Å². The molecule has 4 rings (SSSR count). The number of aryl methyl sites for hydroxylation is 1. The average molecular weight is 453 g/mol. The Morgan fingerprint density at radius 2 is 1.88 bits per heavy atom. The molecule has 0 radical (unpaired) electrons. The molecule has 166 valence electrons. The molecule has 0 saturated carbocycles. The molecule has 2 aliphatic rings. The molecule has 2 aromatic carbocycles. The molecule has 1 N–H and O–H groups in total. The summed E-state index contributed by atoms with van der Waals surface area (Å²) in [4.78, 5) is 19.9. The SMILES string of the molecule is [C-]#[N+]c1ccc(N2C(=O)C(C)(C)N(c3ccc(OC4CCNCC4)c(F)c3)C2=S)cc1C. The van der Waals surface area contributed by atoms with Gasteiger partial charge in [-0.25, -0.2) is 9.24 Å². The van der Waals surface area contributed by atoms with Crippen molar-refractivity contribution >= 4 is 40.3 Å². The van der Waals surface area contributed by atoms with Crippen molar-refractivity contribution in [3.05, 3.63) is 59.2 Å². The van der Waals surface area contributed by atoms with Gasteiger partial charge in [0.2, 0.25) is 0 Å². The number of nitrogens with one attached hydrogen (secondary N) is 1. The highest BCUT2D eigenvalue weighted by molar-refractivity contribution is 7.81. The number of carbonyl (C=O) groups is 1. The molecule has 6 nitrogen and oxygen atoms in total. The summed E-state index contributed by atoms with van der Waals surface area (Å²) < 4.78 is 20.8. The number of carbonyl (C=O) groups excluding carboxylic acids is 1. The van der Waals surface area contributed by atoms with Crippen molar-refractivity contribution in [2.75, 3.05) is 22.9 Å². The van der Waals surface area contributed by atoms with Crippen molar-refractivity contribution in [1.82, 2.24) is 5.32 Å². The highest BCUT2D eigenvalue weighted by Gasteiger charge is 2.50. The van der Waals surface area contributed by atoms with Gasteiger partial charge in [0.25, 0.3) is 5.91 Å². The number of halogens is 1. The lowest BCUT2D eigenvalue weighted by Gasteiger charge is -2.30. The van der Waals surface area contributed by atoms with Gasteiger partial charge in [-0.1, -0.05) is 6.07 Å². The van der Waals surface area contributed by atoms with Crippen molar-refractivity contribution in [2.45, 2.75) is 45.3 Å². The van der Waals surface area contributed by atoms with Crippen LogP contribution < -0.4 is 19.9 Å². The second kappa shape index (κ2) is 8.49. The molecule has 2 saturated heterocycles. The molecule has 0 spiro atoms. The number of thiocarbonyl (C=S) groups is 1. The minimum Gasteiger partial charge on any atom is -0.487 e. The molecule has 0 aliphatic carbocycles. The molecule has 8 heteroatoms. The van der Waals surface area contributed by atoms with E-state index < -0.39 is 11.4 Å². The standard InChI is InChI=1S/C24H25FN4O2S/c1-15-13-16(5-7-20(15)26-4)28-22(30)24(2,3)29(23(28)32)17-6-8-21(19(25)14-17)31-18-9-11-27-12-10-18/h5-8,13-14,18,27H,9-12H2,1-3H3. The number of benzene rings is 2. The highest BCUT2D eigenvalue weighted by atomic mass is 32.1. The minimum absolute atomic E-state index is 0.0142. The van der Waals surface area contributed by atoms with E-state index >= 15 is 0 Å². The molecular formula is C24H25FN4O2S. The van der Waals surface area contributed by atoms with Crippen molar-refractivity contribution in [2.24, 2.45) is 0 Å². The number of amides is 1. The van der Waals surface area contributed by atoms with Crippen LogP contribution in [0, 0.1) is 19.3 Å². The monoisotopic (exact) mass is 452 g/mol. The normalized spacial score (nSPS) is 18.7. The first-order chi connectivity index (χ1) is 15.2. The van der Waals surface area contributed by atoms with Gasteiger partial charge >= 0.3 is 0 Å². The minimum atomic E-state index is -1.01. The number of anilines is 2. The molecule has 2 aromatic rings. The van der Waals surface area contributed by atoms with Crippen molar-refractivity contribution in [3.8, 4) is 5.75 Å². The number of hydrogen-bond donors (Lipinski definition) is 1. The molecule has 2 fully saturated rings. The van der Waals surface area contributed by atoms with Crippen LogP contribution in [0.4, 0.5) is 21.5 Å². The fourth-order valence-electron chi connectivity index (χ4n) is 4.18. The third-order valence-electron chi connectivity index (χ3n) is 5.98.